The molecule has 0 saturated carbocycles. The van der Waals surface area contributed by atoms with Crippen LogP contribution in [-0.4, -0.2) is 69.7 Å². The molecule has 0 bridgehead atoms. The van der Waals surface area contributed by atoms with Crippen LogP contribution in [0, 0.1) is 0 Å². The van der Waals surface area contributed by atoms with Crippen LogP contribution in [0.1, 0.15) is 0 Å². The first-order chi connectivity index (χ1) is 14.9. The standard InChI is InChI=1S/C20H26O9S2/c21-30(22,19-7-3-1-4-8-19)28-17-15-26-13-11-25-12-14-27-16-18-29-31(23,24)20-9-5-2-6-10-20/h1-10H,11-18H2. The molecule has 2 aromatic carbocycles. The highest BCUT2D eigenvalue weighted by Gasteiger charge is 2.14. The van der Waals surface area contributed by atoms with Crippen molar-refractivity contribution in [2.24, 2.45) is 0 Å². The molecular formula is C20H26O9S2. The van der Waals surface area contributed by atoms with E-state index in [9.17, 15) is 16.8 Å². The zero-order chi connectivity index (χ0) is 22.4. The third kappa shape index (κ3) is 9.87. The minimum Gasteiger partial charge on any atom is -0.377 e. The van der Waals surface area contributed by atoms with Crippen molar-refractivity contribution < 1.29 is 39.4 Å². The summed E-state index contributed by atoms with van der Waals surface area (Å²) in [5, 5.41) is 0. The van der Waals surface area contributed by atoms with Crippen molar-refractivity contribution in [2.45, 2.75) is 9.79 Å². The van der Waals surface area contributed by atoms with Crippen LogP contribution in [0.15, 0.2) is 70.5 Å². The first-order valence-corrected chi connectivity index (χ1v) is 12.4. The Morgan fingerprint density at radius 1 is 0.452 bits per heavy atom. The van der Waals surface area contributed by atoms with Crippen molar-refractivity contribution in [3.63, 3.8) is 0 Å². The van der Waals surface area contributed by atoms with Crippen LogP contribution in [0.4, 0.5) is 0 Å². The molecule has 0 amide bonds. The molecule has 0 unspecified atom stereocenters. The molecule has 2 rings (SSSR count). The van der Waals surface area contributed by atoms with E-state index >= 15 is 0 Å². The molecule has 31 heavy (non-hydrogen) atoms. The Kier molecular flexibility index (Phi) is 11.1. The smallest absolute Gasteiger partial charge is 0.297 e. The second-order valence-corrected chi connectivity index (χ2v) is 9.25. The highest BCUT2D eigenvalue weighted by molar-refractivity contribution is 7.87. The monoisotopic (exact) mass is 474 g/mol. The van der Waals surface area contributed by atoms with Gasteiger partial charge < -0.3 is 14.2 Å². The molecule has 0 aromatic heterocycles. The Balaban J connectivity index is 1.42. The zero-order valence-corrected chi connectivity index (χ0v) is 18.6. The quantitative estimate of drug-likeness (QED) is 0.265. The van der Waals surface area contributed by atoms with Crippen LogP contribution in [0.3, 0.4) is 0 Å². The molecule has 0 fully saturated rings. The number of hydrogen-bond acceptors (Lipinski definition) is 9. The van der Waals surface area contributed by atoms with Crippen molar-refractivity contribution >= 4 is 20.2 Å². The lowest BCUT2D eigenvalue weighted by Gasteiger charge is -2.08. The van der Waals surface area contributed by atoms with Crippen LogP contribution in [0.2, 0.25) is 0 Å². The summed E-state index contributed by atoms with van der Waals surface area (Å²) >= 11 is 0. The average molecular weight is 475 g/mol. The number of ether oxygens (including phenoxy) is 3. The molecule has 0 saturated heterocycles. The summed E-state index contributed by atoms with van der Waals surface area (Å²) in [5.74, 6) is 0. The number of benzene rings is 2. The van der Waals surface area contributed by atoms with Crippen molar-refractivity contribution in [3.05, 3.63) is 60.7 Å². The molecule has 0 atom stereocenters. The Bertz CT molecular complexity index is 867. The van der Waals surface area contributed by atoms with E-state index in [2.05, 4.69) is 0 Å². The average Bonchev–Trinajstić information content (AvgIpc) is 2.78. The van der Waals surface area contributed by atoms with Gasteiger partial charge in [-0.15, -0.1) is 0 Å². The fraction of sp³-hybridized carbons (Fsp3) is 0.400. The summed E-state index contributed by atoms with van der Waals surface area (Å²) in [6, 6.07) is 15.7. The summed E-state index contributed by atoms with van der Waals surface area (Å²) in [4.78, 5) is 0.197. The van der Waals surface area contributed by atoms with Crippen molar-refractivity contribution in [3.8, 4) is 0 Å². The third-order valence-corrected chi connectivity index (χ3v) is 6.39. The lowest BCUT2D eigenvalue weighted by molar-refractivity contribution is 0.00558. The molecule has 172 valence electrons. The topological polar surface area (TPSA) is 114 Å². The SMILES string of the molecule is O=S(=O)(OCCOCCOCCOCCOS(=O)(=O)c1ccccc1)c1ccccc1. The Labute approximate surface area is 183 Å². The van der Waals surface area contributed by atoms with Crippen LogP contribution < -0.4 is 0 Å². The maximum absolute atomic E-state index is 11.9. The Morgan fingerprint density at radius 3 is 1.06 bits per heavy atom. The van der Waals surface area contributed by atoms with Gasteiger partial charge in [-0.25, -0.2) is 0 Å². The van der Waals surface area contributed by atoms with Gasteiger partial charge in [-0.1, -0.05) is 36.4 Å². The Morgan fingerprint density at radius 2 is 0.742 bits per heavy atom. The van der Waals surface area contributed by atoms with Crippen LogP contribution >= 0.6 is 0 Å². The van der Waals surface area contributed by atoms with E-state index in [1.807, 2.05) is 0 Å². The van der Waals surface area contributed by atoms with Gasteiger partial charge in [0.05, 0.1) is 62.6 Å². The van der Waals surface area contributed by atoms with E-state index in [1.165, 1.54) is 24.3 Å². The van der Waals surface area contributed by atoms with E-state index in [0.717, 1.165) is 0 Å². The van der Waals surface area contributed by atoms with Crippen LogP contribution in [-0.2, 0) is 42.8 Å². The summed E-state index contributed by atoms with van der Waals surface area (Å²) < 4.78 is 73.1. The summed E-state index contributed by atoms with van der Waals surface area (Å²) in [6.07, 6.45) is 0. The maximum Gasteiger partial charge on any atom is 0.297 e. The van der Waals surface area contributed by atoms with Crippen molar-refractivity contribution in [2.75, 3.05) is 52.9 Å². The van der Waals surface area contributed by atoms with Gasteiger partial charge >= 0.3 is 0 Å². The van der Waals surface area contributed by atoms with Crippen LogP contribution in [0.25, 0.3) is 0 Å². The molecule has 11 heteroatoms. The van der Waals surface area contributed by atoms with Gasteiger partial charge in [-0.3, -0.25) is 8.37 Å². The van der Waals surface area contributed by atoms with E-state index in [1.54, 1.807) is 36.4 Å². The molecule has 0 N–H and O–H groups in total. The molecule has 0 radical (unpaired) electrons. The van der Waals surface area contributed by atoms with E-state index in [0.29, 0.717) is 13.2 Å². The molecule has 9 nitrogen and oxygen atoms in total. The van der Waals surface area contributed by atoms with Crippen molar-refractivity contribution in [1.29, 1.82) is 0 Å². The van der Waals surface area contributed by atoms with Crippen LogP contribution in [0.5, 0.6) is 0 Å². The lowest BCUT2D eigenvalue weighted by atomic mass is 10.4. The highest BCUT2D eigenvalue weighted by Crippen LogP contribution is 2.11. The number of rotatable bonds is 16. The maximum atomic E-state index is 11.9. The largest absolute Gasteiger partial charge is 0.377 e. The van der Waals surface area contributed by atoms with E-state index in [-0.39, 0.29) is 49.4 Å². The lowest BCUT2D eigenvalue weighted by Crippen LogP contribution is -2.15. The molecule has 0 aliphatic rings. The third-order valence-electron chi connectivity index (χ3n) is 3.74. The number of hydrogen-bond donors (Lipinski definition) is 0. The molecule has 0 aliphatic heterocycles. The second-order valence-electron chi connectivity index (χ2n) is 6.02. The fourth-order valence-electron chi connectivity index (χ4n) is 2.26. The van der Waals surface area contributed by atoms with Gasteiger partial charge in [0.25, 0.3) is 20.2 Å². The molecule has 2 aromatic rings. The molecular weight excluding hydrogens is 448 g/mol. The van der Waals surface area contributed by atoms with E-state index in [4.69, 9.17) is 22.6 Å². The summed E-state index contributed by atoms with van der Waals surface area (Å²) in [7, 11) is -7.55. The molecule has 0 heterocycles. The second kappa shape index (κ2) is 13.5. The van der Waals surface area contributed by atoms with Gasteiger partial charge in [0.1, 0.15) is 0 Å². The first kappa shape index (κ1) is 25.4. The zero-order valence-electron chi connectivity index (χ0n) is 16.9. The van der Waals surface area contributed by atoms with Gasteiger partial charge in [-0.2, -0.15) is 16.8 Å². The van der Waals surface area contributed by atoms with Gasteiger partial charge in [0.2, 0.25) is 0 Å². The minimum absolute atomic E-state index is 0.0910. The van der Waals surface area contributed by atoms with Gasteiger partial charge in [0, 0.05) is 0 Å². The molecule has 0 aliphatic carbocycles. The van der Waals surface area contributed by atoms with Crippen molar-refractivity contribution in [1.82, 2.24) is 0 Å². The minimum atomic E-state index is -3.77. The first-order valence-electron chi connectivity index (χ1n) is 9.54. The predicted octanol–water partition coefficient (Wildman–Crippen LogP) is 1.85. The normalized spacial score (nSPS) is 12.1. The Hall–Kier alpha value is -1.86. The predicted molar refractivity (Wildman–Crippen MR) is 112 cm³/mol. The van der Waals surface area contributed by atoms with Gasteiger partial charge in [0.15, 0.2) is 0 Å². The summed E-state index contributed by atoms with van der Waals surface area (Å²) in [6.45, 7) is 1.18. The van der Waals surface area contributed by atoms with E-state index < -0.39 is 20.2 Å². The highest BCUT2D eigenvalue weighted by atomic mass is 32.2. The fourth-order valence-corrected chi connectivity index (χ4v) is 4.09. The molecule has 0 spiro atoms. The van der Waals surface area contributed by atoms with Gasteiger partial charge in [-0.05, 0) is 24.3 Å². The summed E-state index contributed by atoms with van der Waals surface area (Å²) in [5.41, 5.74) is 0.